The minimum atomic E-state index is -0.105. The Balaban J connectivity index is 1.70. The Morgan fingerprint density at radius 1 is 1.36 bits per heavy atom. The van der Waals surface area contributed by atoms with Gasteiger partial charge in [0.05, 0.1) is 5.52 Å². The standard InChI is InChI=1S/C19H19ClN4O/c1-12-2-3-14-15-11-21-6-5-16(15)24(17(14)8-12)19(25)23-10-13-4-7-22-18(20)9-13/h2-4,7-9,21H,5-6,10-11H2,1H3,(H,23,25). The Bertz CT molecular complexity index is 963. The molecule has 4 rings (SSSR count). The molecular formula is C19H19ClN4O. The number of aromatic nitrogens is 2. The summed E-state index contributed by atoms with van der Waals surface area (Å²) in [7, 11) is 0. The molecule has 0 saturated carbocycles. The van der Waals surface area contributed by atoms with Crippen molar-refractivity contribution in [2.45, 2.75) is 26.4 Å². The highest BCUT2D eigenvalue weighted by Gasteiger charge is 2.23. The van der Waals surface area contributed by atoms with Crippen LogP contribution in [0.1, 0.15) is 22.4 Å². The van der Waals surface area contributed by atoms with E-state index in [1.54, 1.807) is 12.3 Å². The van der Waals surface area contributed by atoms with Gasteiger partial charge in [0, 0.05) is 43.3 Å². The average Bonchev–Trinajstić information content (AvgIpc) is 2.93. The molecule has 0 saturated heterocycles. The molecule has 1 aliphatic rings. The fraction of sp³-hybridized carbons (Fsp3) is 0.263. The first-order chi connectivity index (χ1) is 12.1. The van der Waals surface area contributed by atoms with Crippen molar-refractivity contribution in [3.8, 4) is 0 Å². The predicted octanol–water partition coefficient (Wildman–Crippen LogP) is 3.40. The maximum atomic E-state index is 12.9. The van der Waals surface area contributed by atoms with Crippen LogP contribution in [-0.4, -0.2) is 22.1 Å². The van der Waals surface area contributed by atoms with Gasteiger partial charge >= 0.3 is 6.03 Å². The molecule has 0 unspecified atom stereocenters. The van der Waals surface area contributed by atoms with E-state index < -0.39 is 0 Å². The Labute approximate surface area is 151 Å². The zero-order valence-electron chi connectivity index (χ0n) is 14.0. The lowest BCUT2D eigenvalue weighted by atomic mass is 10.1. The predicted molar refractivity (Wildman–Crippen MR) is 99.0 cm³/mol. The monoisotopic (exact) mass is 354 g/mol. The van der Waals surface area contributed by atoms with E-state index >= 15 is 0 Å². The van der Waals surface area contributed by atoms with Crippen LogP contribution >= 0.6 is 11.6 Å². The summed E-state index contributed by atoms with van der Waals surface area (Å²) in [6.07, 6.45) is 2.49. The minimum absolute atomic E-state index is 0.105. The third kappa shape index (κ3) is 3.01. The van der Waals surface area contributed by atoms with Gasteiger partial charge in [-0.15, -0.1) is 0 Å². The number of fused-ring (bicyclic) bond motifs is 3. The molecule has 0 aliphatic carbocycles. The molecule has 0 atom stereocenters. The number of benzene rings is 1. The van der Waals surface area contributed by atoms with Crippen LogP contribution in [-0.2, 0) is 19.5 Å². The molecule has 2 aromatic heterocycles. The molecule has 3 aromatic rings. The molecular weight excluding hydrogens is 336 g/mol. The fourth-order valence-corrected chi connectivity index (χ4v) is 3.64. The van der Waals surface area contributed by atoms with Gasteiger partial charge < -0.3 is 10.6 Å². The van der Waals surface area contributed by atoms with Crippen LogP contribution in [0, 0.1) is 6.92 Å². The molecule has 1 amide bonds. The molecule has 6 heteroatoms. The van der Waals surface area contributed by atoms with Gasteiger partial charge in [-0.1, -0.05) is 23.7 Å². The van der Waals surface area contributed by atoms with Crippen LogP contribution in [0.3, 0.4) is 0 Å². The van der Waals surface area contributed by atoms with E-state index in [4.69, 9.17) is 11.6 Å². The second-order valence-electron chi connectivity index (χ2n) is 6.35. The van der Waals surface area contributed by atoms with Gasteiger partial charge in [0.25, 0.3) is 0 Å². The molecule has 0 bridgehead atoms. The molecule has 0 fully saturated rings. The first kappa shape index (κ1) is 16.1. The number of pyridine rings is 1. The van der Waals surface area contributed by atoms with Crippen molar-refractivity contribution in [2.24, 2.45) is 0 Å². The number of hydrogen-bond donors (Lipinski definition) is 2. The number of halogens is 1. The van der Waals surface area contributed by atoms with Crippen LogP contribution in [0.25, 0.3) is 10.9 Å². The molecule has 1 aromatic carbocycles. The third-order valence-corrected chi connectivity index (χ3v) is 4.82. The maximum Gasteiger partial charge on any atom is 0.326 e. The number of nitrogens with zero attached hydrogens (tertiary/aromatic N) is 2. The van der Waals surface area contributed by atoms with Crippen molar-refractivity contribution < 1.29 is 4.79 Å². The molecule has 0 radical (unpaired) electrons. The van der Waals surface area contributed by atoms with E-state index in [9.17, 15) is 4.79 Å². The number of nitrogens with one attached hydrogen (secondary N) is 2. The Kier molecular flexibility index (Phi) is 4.19. The zero-order valence-corrected chi connectivity index (χ0v) is 14.7. The molecule has 128 valence electrons. The van der Waals surface area contributed by atoms with E-state index in [1.165, 1.54) is 5.56 Å². The van der Waals surface area contributed by atoms with Gasteiger partial charge in [-0.05, 0) is 41.8 Å². The van der Waals surface area contributed by atoms with E-state index in [-0.39, 0.29) is 6.03 Å². The van der Waals surface area contributed by atoms with Gasteiger partial charge in [0.2, 0.25) is 0 Å². The Morgan fingerprint density at radius 3 is 3.08 bits per heavy atom. The summed E-state index contributed by atoms with van der Waals surface area (Å²) < 4.78 is 1.83. The molecule has 25 heavy (non-hydrogen) atoms. The molecule has 5 nitrogen and oxygen atoms in total. The van der Waals surface area contributed by atoms with Crippen molar-refractivity contribution in [2.75, 3.05) is 6.54 Å². The summed E-state index contributed by atoms with van der Waals surface area (Å²) in [6, 6.07) is 9.80. The Hall–Kier alpha value is -2.37. The van der Waals surface area contributed by atoms with Gasteiger partial charge in [-0.25, -0.2) is 9.78 Å². The van der Waals surface area contributed by atoms with Crippen molar-refractivity contribution >= 4 is 28.5 Å². The maximum absolute atomic E-state index is 12.9. The van der Waals surface area contributed by atoms with Gasteiger partial charge in [-0.2, -0.15) is 0 Å². The SMILES string of the molecule is Cc1ccc2c3c(n(C(=O)NCc4ccnc(Cl)c4)c2c1)CCNC3. The third-order valence-electron chi connectivity index (χ3n) is 4.62. The topological polar surface area (TPSA) is 59.0 Å². The highest BCUT2D eigenvalue weighted by Crippen LogP contribution is 2.29. The number of carbonyl (C=O) groups excluding carboxylic acids is 1. The summed E-state index contributed by atoms with van der Waals surface area (Å²) in [4.78, 5) is 16.9. The van der Waals surface area contributed by atoms with E-state index in [0.29, 0.717) is 11.7 Å². The van der Waals surface area contributed by atoms with Gasteiger partial charge in [0.15, 0.2) is 0 Å². The summed E-state index contributed by atoms with van der Waals surface area (Å²) in [5, 5.41) is 7.98. The quantitative estimate of drug-likeness (QED) is 0.693. The number of hydrogen-bond acceptors (Lipinski definition) is 3. The van der Waals surface area contributed by atoms with Crippen LogP contribution in [0.15, 0.2) is 36.5 Å². The number of amides is 1. The summed E-state index contributed by atoms with van der Waals surface area (Å²) in [5.41, 5.74) is 5.37. The molecule has 1 aliphatic heterocycles. The molecule has 3 heterocycles. The second-order valence-corrected chi connectivity index (χ2v) is 6.74. The largest absolute Gasteiger partial charge is 0.333 e. The van der Waals surface area contributed by atoms with Crippen LogP contribution < -0.4 is 10.6 Å². The lowest BCUT2D eigenvalue weighted by Crippen LogP contribution is -2.32. The zero-order chi connectivity index (χ0) is 17.4. The van der Waals surface area contributed by atoms with Crippen molar-refractivity contribution in [1.82, 2.24) is 20.2 Å². The number of carbonyl (C=O) groups is 1. The second kappa shape index (κ2) is 6.50. The average molecular weight is 355 g/mol. The van der Waals surface area contributed by atoms with Crippen LogP contribution in [0.5, 0.6) is 0 Å². The van der Waals surface area contributed by atoms with Gasteiger partial charge in [-0.3, -0.25) is 4.57 Å². The first-order valence-corrected chi connectivity index (χ1v) is 8.73. The number of rotatable bonds is 2. The fourth-order valence-electron chi connectivity index (χ4n) is 3.44. The van der Waals surface area contributed by atoms with Crippen molar-refractivity contribution in [3.05, 3.63) is 64.1 Å². The Morgan fingerprint density at radius 2 is 2.24 bits per heavy atom. The van der Waals surface area contributed by atoms with E-state index in [0.717, 1.165) is 47.2 Å². The summed E-state index contributed by atoms with van der Waals surface area (Å²) >= 11 is 5.91. The number of aryl methyl sites for hydroxylation is 1. The van der Waals surface area contributed by atoms with Crippen molar-refractivity contribution in [1.29, 1.82) is 0 Å². The minimum Gasteiger partial charge on any atom is -0.333 e. The first-order valence-electron chi connectivity index (χ1n) is 8.35. The smallest absolute Gasteiger partial charge is 0.326 e. The van der Waals surface area contributed by atoms with Crippen molar-refractivity contribution in [3.63, 3.8) is 0 Å². The lowest BCUT2D eigenvalue weighted by molar-refractivity contribution is 0.242. The lowest BCUT2D eigenvalue weighted by Gasteiger charge is -2.16. The van der Waals surface area contributed by atoms with Crippen LogP contribution in [0.4, 0.5) is 4.79 Å². The highest BCUT2D eigenvalue weighted by atomic mass is 35.5. The van der Waals surface area contributed by atoms with Crippen LogP contribution in [0.2, 0.25) is 5.15 Å². The summed E-state index contributed by atoms with van der Waals surface area (Å²) in [6.45, 7) is 4.15. The molecule has 2 N–H and O–H groups in total. The van der Waals surface area contributed by atoms with E-state index in [1.807, 2.05) is 17.6 Å². The normalized spacial score (nSPS) is 13.7. The highest BCUT2D eigenvalue weighted by molar-refractivity contribution is 6.29. The molecule has 0 spiro atoms. The van der Waals surface area contributed by atoms with E-state index in [2.05, 4.69) is 33.8 Å². The van der Waals surface area contributed by atoms with Gasteiger partial charge in [0.1, 0.15) is 5.15 Å². The summed E-state index contributed by atoms with van der Waals surface area (Å²) in [5.74, 6) is 0.